The molecule has 7 nitrogen and oxygen atoms in total. The highest BCUT2D eigenvalue weighted by Crippen LogP contribution is 2.25. The lowest BCUT2D eigenvalue weighted by molar-refractivity contribution is -0.384. The first-order valence-corrected chi connectivity index (χ1v) is 7.22. The second-order valence-electron chi connectivity index (χ2n) is 4.56. The molecule has 0 unspecified atom stereocenters. The van der Waals surface area contributed by atoms with Gasteiger partial charge in [-0.05, 0) is 24.3 Å². The number of ether oxygens (including phenoxy) is 1. The van der Waals surface area contributed by atoms with Gasteiger partial charge in [0.25, 0.3) is 11.6 Å². The van der Waals surface area contributed by atoms with Crippen LogP contribution in [0.15, 0.2) is 36.4 Å². The topological polar surface area (TPSA) is 98.5 Å². The lowest BCUT2D eigenvalue weighted by Crippen LogP contribution is -2.13. The molecular formula is C15H10Cl2N2O5. The van der Waals surface area contributed by atoms with E-state index in [-0.39, 0.29) is 32.5 Å². The van der Waals surface area contributed by atoms with Crippen molar-refractivity contribution in [3.05, 3.63) is 67.7 Å². The quantitative estimate of drug-likeness (QED) is 0.500. The molecule has 124 valence electrons. The first-order chi connectivity index (χ1) is 11.3. The van der Waals surface area contributed by atoms with Gasteiger partial charge in [-0.3, -0.25) is 14.9 Å². The molecule has 0 aliphatic heterocycles. The Kier molecular flexibility index (Phi) is 5.38. The van der Waals surface area contributed by atoms with Crippen LogP contribution in [0.1, 0.15) is 20.7 Å². The summed E-state index contributed by atoms with van der Waals surface area (Å²) < 4.78 is 4.59. The average molecular weight is 369 g/mol. The maximum absolute atomic E-state index is 12.3. The second-order valence-corrected chi connectivity index (χ2v) is 5.38. The molecule has 1 N–H and O–H groups in total. The van der Waals surface area contributed by atoms with Gasteiger partial charge in [0.1, 0.15) is 0 Å². The number of nitro benzene ring substituents is 1. The molecule has 0 radical (unpaired) electrons. The third-order valence-corrected chi connectivity index (χ3v) is 3.69. The molecule has 0 aliphatic carbocycles. The minimum absolute atomic E-state index is 0.0558. The highest BCUT2D eigenvalue weighted by atomic mass is 35.5. The van der Waals surface area contributed by atoms with Gasteiger partial charge in [0.2, 0.25) is 0 Å². The van der Waals surface area contributed by atoms with Gasteiger partial charge >= 0.3 is 5.97 Å². The SMILES string of the molecule is COC(=O)c1cc(NC(=O)c2cc([N+](=O)[O-])ccc2Cl)ccc1Cl. The van der Waals surface area contributed by atoms with Crippen LogP contribution in [0.2, 0.25) is 10.0 Å². The number of halogens is 2. The first kappa shape index (κ1) is 17.7. The number of methoxy groups -OCH3 is 1. The van der Waals surface area contributed by atoms with Crippen LogP contribution in [0, 0.1) is 10.1 Å². The highest BCUT2D eigenvalue weighted by Gasteiger charge is 2.17. The van der Waals surface area contributed by atoms with Crippen LogP contribution in [0.25, 0.3) is 0 Å². The predicted molar refractivity (Wildman–Crippen MR) is 88.9 cm³/mol. The summed E-state index contributed by atoms with van der Waals surface area (Å²) in [5, 5.41) is 13.5. The molecule has 2 aromatic carbocycles. The number of hydrogen-bond acceptors (Lipinski definition) is 5. The molecule has 0 heterocycles. The van der Waals surface area contributed by atoms with Crippen molar-refractivity contribution in [3.8, 4) is 0 Å². The smallest absolute Gasteiger partial charge is 0.339 e. The number of anilines is 1. The van der Waals surface area contributed by atoms with Gasteiger partial charge in [0.15, 0.2) is 0 Å². The fraction of sp³-hybridized carbons (Fsp3) is 0.0667. The molecule has 2 aromatic rings. The number of hydrogen-bond donors (Lipinski definition) is 1. The molecule has 0 saturated heterocycles. The number of nitrogens with one attached hydrogen (secondary N) is 1. The second kappa shape index (κ2) is 7.29. The monoisotopic (exact) mass is 368 g/mol. The Hall–Kier alpha value is -2.64. The Bertz CT molecular complexity index is 839. The van der Waals surface area contributed by atoms with Crippen LogP contribution < -0.4 is 5.32 Å². The van der Waals surface area contributed by atoms with Gasteiger partial charge in [-0.15, -0.1) is 0 Å². The van der Waals surface area contributed by atoms with Gasteiger partial charge in [-0.2, -0.15) is 0 Å². The minimum atomic E-state index is -0.665. The fourth-order valence-corrected chi connectivity index (χ4v) is 2.27. The lowest BCUT2D eigenvalue weighted by atomic mass is 10.1. The van der Waals surface area contributed by atoms with Crippen molar-refractivity contribution in [2.45, 2.75) is 0 Å². The Morgan fingerprint density at radius 1 is 1.08 bits per heavy atom. The molecular weight excluding hydrogens is 359 g/mol. The maximum Gasteiger partial charge on any atom is 0.339 e. The zero-order chi connectivity index (χ0) is 17.9. The number of non-ortho nitro benzene ring substituents is 1. The number of carbonyl (C=O) groups excluding carboxylic acids is 2. The zero-order valence-electron chi connectivity index (χ0n) is 12.2. The fourth-order valence-electron chi connectivity index (χ4n) is 1.87. The molecule has 0 aromatic heterocycles. The van der Waals surface area contributed by atoms with Crippen molar-refractivity contribution in [1.82, 2.24) is 0 Å². The Balaban J connectivity index is 2.32. The summed E-state index contributed by atoms with van der Waals surface area (Å²) in [5.41, 5.74) is -0.00850. The highest BCUT2D eigenvalue weighted by molar-refractivity contribution is 6.35. The molecule has 1 amide bonds. The first-order valence-electron chi connectivity index (χ1n) is 6.46. The van der Waals surface area contributed by atoms with Crippen molar-refractivity contribution < 1.29 is 19.2 Å². The van der Waals surface area contributed by atoms with Crippen molar-refractivity contribution in [2.75, 3.05) is 12.4 Å². The van der Waals surface area contributed by atoms with Crippen molar-refractivity contribution in [3.63, 3.8) is 0 Å². The van der Waals surface area contributed by atoms with Crippen molar-refractivity contribution in [2.24, 2.45) is 0 Å². The lowest BCUT2D eigenvalue weighted by Gasteiger charge is -2.09. The third-order valence-electron chi connectivity index (χ3n) is 3.03. The molecule has 0 bridgehead atoms. The van der Waals surface area contributed by atoms with E-state index in [9.17, 15) is 19.7 Å². The standard InChI is InChI=1S/C15H10Cl2N2O5/c1-24-15(21)11-6-8(2-4-13(11)17)18-14(20)10-7-9(19(22)23)3-5-12(10)16/h2-7H,1H3,(H,18,20). The Morgan fingerprint density at radius 2 is 1.71 bits per heavy atom. The Labute approximate surface area is 146 Å². The van der Waals surface area contributed by atoms with E-state index in [0.717, 1.165) is 6.07 Å². The van der Waals surface area contributed by atoms with Crippen LogP contribution in [0.5, 0.6) is 0 Å². The van der Waals surface area contributed by atoms with E-state index in [1.165, 1.54) is 37.4 Å². The summed E-state index contributed by atoms with van der Waals surface area (Å²) in [4.78, 5) is 34.0. The van der Waals surface area contributed by atoms with Crippen LogP contribution in [-0.4, -0.2) is 23.9 Å². The van der Waals surface area contributed by atoms with E-state index in [1.54, 1.807) is 0 Å². The summed E-state index contributed by atoms with van der Waals surface area (Å²) in [7, 11) is 1.20. The summed E-state index contributed by atoms with van der Waals surface area (Å²) in [6, 6.07) is 7.73. The van der Waals surface area contributed by atoms with Crippen LogP contribution >= 0.6 is 23.2 Å². The van der Waals surface area contributed by atoms with E-state index < -0.39 is 16.8 Å². The van der Waals surface area contributed by atoms with Gasteiger partial charge in [-0.1, -0.05) is 23.2 Å². The summed E-state index contributed by atoms with van der Waals surface area (Å²) >= 11 is 11.8. The van der Waals surface area contributed by atoms with Gasteiger partial charge < -0.3 is 10.1 Å². The van der Waals surface area contributed by atoms with Crippen LogP contribution in [0.4, 0.5) is 11.4 Å². The normalized spacial score (nSPS) is 10.1. The van der Waals surface area contributed by atoms with Gasteiger partial charge in [0.05, 0.1) is 33.2 Å². The Morgan fingerprint density at radius 3 is 2.33 bits per heavy atom. The van der Waals surface area contributed by atoms with E-state index in [0.29, 0.717) is 0 Å². The number of rotatable bonds is 4. The number of esters is 1. The van der Waals surface area contributed by atoms with E-state index in [1.807, 2.05) is 0 Å². The zero-order valence-corrected chi connectivity index (χ0v) is 13.7. The third kappa shape index (κ3) is 3.81. The molecule has 0 saturated carbocycles. The average Bonchev–Trinajstić information content (AvgIpc) is 2.55. The van der Waals surface area contributed by atoms with E-state index in [2.05, 4.69) is 10.1 Å². The van der Waals surface area contributed by atoms with E-state index >= 15 is 0 Å². The number of nitrogens with zero attached hydrogens (tertiary/aromatic N) is 1. The van der Waals surface area contributed by atoms with Gasteiger partial charge in [0, 0.05) is 17.8 Å². The number of amides is 1. The summed E-state index contributed by atoms with van der Waals surface area (Å²) in [6.45, 7) is 0. The maximum atomic E-state index is 12.3. The van der Waals surface area contributed by atoms with Crippen LogP contribution in [-0.2, 0) is 4.74 Å². The molecule has 0 aliphatic rings. The largest absolute Gasteiger partial charge is 0.465 e. The molecule has 0 atom stereocenters. The molecule has 0 fully saturated rings. The van der Waals surface area contributed by atoms with E-state index in [4.69, 9.17) is 23.2 Å². The molecule has 9 heteroatoms. The van der Waals surface area contributed by atoms with Crippen molar-refractivity contribution >= 4 is 46.5 Å². The molecule has 2 rings (SSSR count). The molecule has 24 heavy (non-hydrogen) atoms. The minimum Gasteiger partial charge on any atom is -0.465 e. The summed E-state index contributed by atoms with van der Waals surface area (Å²) in [5.74, 6) is -1.33. The van der Waals surface area contributed by atoms with Crippen molar-refractivity contribution in [1.29, 1.82) is 0 Å². The predicted octanol–water partition coefficient (Wildman–Crippen LogP) is 3.94. The van der Waals surface area contributed by atoms with Gasteiger partial charge in [-0.25, -0.2) is 4.79 Å². The summed E-state index contributed by atoms with van der Waals surface area (Å²) in [6.07, 6.45) is 0. The number of benzene rings is 2. The van der Waals surface area contributed by atoms with Crippen LogP contribution in [0.3, 0.4) is 0 Å². The number of nitro groups is 1. The number of carbonyl (C=O) groups is 2. The molecule has 0 spiro atoms.